The van der Waals surface area contributed by atoms with Gasteiger partial charge < -0.3 is 14.2 Å². The van der Waals surface area contributed by atoms with Crippen molar-refractivity contribution in [3.63, 3.8) is 0 Å². The van der Waals surface area contributed by atoms with Crippen LogP contribution >= 0.6 is 11.3 Å². The predicted octanol–water partition coefficient (Wildman–Crippen LogP) is 2.62. The van der Waals surface area contributed by atoms with Gasteiger partial charge >= 0.3 is 0 Å². The van der Waals surface area contributed by atoms with Crippen LogP contribution in [0.2, 0.25) is 0 Å². The molecule has 2 aromatic rings. The van der Waals surface area contributed by atoms with Crippen molar-refractivity contribution in [1.82, 2.24) is 14.8 Å². The molecule has 2 amide bonds. The van der Waals surface area contributed by atoms with Gasteiger partial charge in [0.25, 0.3) is 5.91 Å². The molecule has 0 aliphatic carbocycles. The summed E-state index contributed by atoms with van der Waals surface area (Å²) < 4.78 is 5.24. The quantitative estimate of drug-likeness (QED) is 0.845. The number of thiazole rings is 1. The summed E-state index contributed by atoms with van der Waals surface area (Å²) in [6.45, 7) is 6.19. The molecule has 2 aromatic heterocycles. The van der Waals surface area contributed by atoms with Gasteiger partial charge in [0.2, 0.25) is 5.91 Å². The minimum absolute atomic E-state index is 0.0375. The van der Waals surface area contributed by atoms with E-state index in [0.29, 0.717) is 31.0 Å². The van der Waals surface area contributed by atoms with Crippen molar-refractivity contribution in [2.75, 3.05) is 19.6 Å². The molecule has 132 valence electrons. The smallest absolute Gasteiger partial charge is 0.257 e. The minimum atomic E-state index is -0.418. The standard InChI is InChI=1S/C18H21N3O3S/c1-12-15(3-8-24-12)16(22)21-7-5-18(11-21)4-6-20(17(18)23)9-14-10-25-13(2)19-14/h3,8,10H,4-7,9,11H2,1-2H3/t18-/m1/s1. The Morgan fingerprint density at radius 3 is 2.84 bits per heavy atom. The fourth-order valence-electron chi connectivity index (χ4n) is 3.92. The largest absolute Gasteiger partial charge is 0.469 e. The van der Waals surface area contributed by atoms with Gasteiger partial charge in [-0.15, -0.1) is 11.3 Å². The summed E-state index contributed by atoms with van der Waals surface area (Å²) in [5, 5.41) is 3.03. The molecule has 0 unspecified atom stereocenters. The van der Waals surface area contributed by atoms with Crippen LogP contribution in [-0.4, -0.2) is 46.2 Å². The monoisotopic (exact) mass is 359 g/mol. The van der Waals surface area contributed by atoms with E-state index in [1.807, 2.05) is 17.2 Å². The SMILES string of the molecule is Cc1nc(CN2CC[C@]3(CCN(C(=O)c4ccoc4C)C3)C2=O)cs1. The number of hydrogen-bond acceptors (Lipinski definition) is 5. The van der Waals surface area contributed by atoms with Crippen LogP contribution in [0.25, 0.3) is 0 Å². The van der Waals surface area contributed by atoms with E-state index in [4.69, 9.17) is 4.42 Å². The second-order valence-corrected chi connectivity index (χ2v) is 8.04. The van der Waals surface area contributed by atoms with Crippen molar-refractivity contribution in [3.8, 4) is 0 Å². The molecular weight excluding hydrogens is 338 g/mol. The van der Waals surface area contributed by atoms with Gasteiger partial charge in [-0.1, -0.05) is 0 Å². The summed E-state index contributed by atoms with van der Waals surface area (Å²) in [5.74, 6) is 0.756. The molecular formula is C18H21N3O3S. The third-order valence-electron chi connectivity index (χ3n) is 5.35. The minimum Gasteiger partial charge on any atom is -0.469 e. The van der Waals surface area contributed by atoms with Crippen LogP contribution in [0.1, 0.15) is 39.7 Å². The number of amides is 2. The topological polar surface area (TPSA) is 66.7 Å². The number of nitrogens with zero attached hydrogens (tertiary/aromatic N) is 3. The maximum absolute atomic E-state index is 13.0. The molecule has 0 bridgehead atoms. The summed E-state index contributed by atoms with van der Waals surface area (Å²) in [7, 11) is 0. The van der Waals surface area contributed by atoms with Gasteiger partial charge in [0.05, 0.1) is 34.5 Å². The number of aromatic nitrogens is 1. The van der Waals surface area contributed by atoms with E-state index in [-0.39, 0.29) is 11.8 Å². The number of hydrogen-bond donors (Lipinski definition) is 0. The number of rotatable bonds is 3. The summed E-state index contributed by atoms with van der Waals surface area (Å²) in [6.07, 6.45) is 3.08. The Morgan fingerprint density at radius 1 is 1.36 bits per heavy atom. The second-order valence-electron chi connectivity index (χ2n) is 6.98. The fourth-order valence-corrected chi connectivity index (χ4v) is 4.53. The molecule has 0 N–H and O–H groups in total. The van der Waals surface area contributed by atoms with Crippen molar-refractivity contribution in [1.29, 1.82) is 0 Å². The van der Waals surface area contributed by atoms with Crippen molar-refractivity contribution < 1.29 is 14.0 Å². The summed E-state index contributed by atoms with van der Waals surface area (Å²) in [4.78, 5) is 33.8. The Hall–Kier alpha value is -2.15. The Kier molecular flexibility index (Phi) is 3.91. The van der Waals surface area contributed by atoms with Gasteiger partial charge in [-0.25, -0.2) is 4.98 Å². The second kappa shape index (κ2) is 5.98. The summed E-state index contributed by atoms with van der Waals surface area (Å²) in [5.41, 5.74) is 1.13. The lowest BCUT2D eigenvalue weighted by Crippen LogP contribution is -2.38. The predicted molar refractivity (Wildman–Crippen MR) is 93.3 cm³/mol. The van der Waals surface area contributed by atoms with E-state index >= 15 is 0 Å². The molecule has 0 aromatic carbocycles. The molecule has 2 aliphatic heterocycles. The average Bonchev–Trinajstić information content (AvgIpc) is 3.34. The Balaban J connectivity index is 1.46. The van der Waals surface area contributed by atoms with Gasteiger partial charge in [-0.3, -0.25) is 9.59 Å². The Morgan fingerprint density at radius 2 is 2.16 bits per heavy atom. The third-order valence-corrected chi connectivity index (χ3v) is 6.17. The molecule has 2 fully saturated rings. The molecule has 6 nitrogen and oxygen atoms in total. The first-order valence-corrected chi connectivity index (χ1v) is 9.40. The van der Waals surface area contributed by atoms with Gasteiger partial charge in [0.1, 0.15) is 5.76 Å². The highest BCUT2D eigenvalue weighted by Gasteiger charge is 2.51. The van der Waals surface area contributed by atoms with E-state index in [1.165, 1.54) is 6.26 Å². The van der Waals surface area contributed by atoms with Crippen LogP contribution < -0.4 is 0 Å². The van der Waals surface area contributed by atoms with Crippen molar-refractivity contribution in [2.45, 2.75) is 33.2 Å². The first kappa shape index (κ1) is 16.3. The molecule has 2 aliphatic rings. The number of aryl methyl sites for hydroxylation is 2. The first-order valence-electron chi connectivity index (χ1n) is 8.52. The van der Waals surface area contributed by atoms with Gasteiger partial charge in [-0.05, 0) is 32.8 Å². The molecule has 25 heavy (non-hydrogen) atoms. The average molecular weight is 359 g/mol. The first-order chi connectivity index (χ1) is 12.0. The number of furan rings is 1. The van der Waals surface area contributed by atoms with E-state index in [2.05, 4.69) is 4.98 Å². The van der Waals surface area contributed by atoms with Gasteiger partial charge in [0, 0.05) is 25.0 Å². The zero-order valence-corrected chi connectivity index (χ0v) is 15.3. The summed E-state index contributed by atoms with van der Waals surface area (Å²) >= 11 is 1.61. The zero-order valence-electron chi connectivity index (χ0n) is 14.4. The maximum atomic E-state index is 13.0. The van der Waals surface area contributed by atoms with Crippen molar-refractivity contribution in [2.24, 2.45) is 5.41 Å². The molecule has 2 saturated heterocycles. The Labute approximate surface area is 150 Å². The molecule has 0 saturated carbocycles. The van der Waals surface area contributed by atoms with Crippen LogP contribution in [0.5, 0.6) is 0 Å². The lowest BCUT2D eigenvalue weighted by Gasteiger charge is -2.23. The van der Waals surface area contributed by atoms with Gasteiger partial charge in [-0.2, -0.15) is 0 Å². The van der Waals surface area contributed by atoms with Crippen LogP contribution in [0.4, 0.5) is 0 Å². The third kappa shape index (κ3) is 2.76. The van der Waals surface area contributed by atoms with Crippen LogP contribution in [0, 0.1) is 19.3 Å². The molecule has 1 spiro atoms. The lowest BCUT2D eigenvalue weighted by molar-refractivity contribution is -0.135. The van der Waals surface area contributed by atoms with Crippen molar-refractivity contribution in [3.05, 3.63) is 39.7 Å². The van der Waals surface area contributed by atoms with Gasteiger partial charge in [0.15, 0.2) is 0 Å². The van der Waals surface area contributed by atoms with Crippen LogP contribution in [0.15, 0.2) is 22.1 Å². The zero-order chi connectivity index (χ0) is 17.6. The number of carbonyl (C=O) groups is 2. The van der Waals surface area contributed by atoms with Crippen LogP contribution in [-0.2, 0) is 11.3 Å². The Bertz CT molecular complexity index is 827. The number of likely N-dealkylation sites (tertiary alicyclic amines) is 2. The van der Waals surface area contributed by atoms with Crippen LogP contribution in [0.3, 0.4) is 0 Å². The molecule has 4 heterocycles. The molecule has 7 heteroatoms. The molecule has 0 radical (unpaired) electrons. The fraction of sp³-hybridized carbons (Fsp3) is 0.500. The lowest BCUT2D eigenvalue weighted by atomic mass is 9.85. The highest BCUT2D eigenvalue weighted by molar-refractivity contribution is 7.09. The maximum Gasteiger partial charge on any atom is 0.257 e. The van der Waals surface area contributed by atoms with Crippen molar-refractivity contribution >= 4 is 23.2 Å². The highest BCUT2D eigenvalue weighted by atomic mass is 32.1. The molecule has 4 rings (SSSR count). The normalized spacial score (nSPS) is 23.2. The van der Waals surface area contributed by atoms with E-state index < -0.39 is 5.41 Å². The molecule has 1 atom stereocenters. The highest BCUT2D eigenvalue weighted by Crippen LogP contribution is 2.41. The van der Waals surface area contributed by atoms with E-state index in [0.717, 1.165) is 30.1 Å². The van der Waals surface area contributed by atoms with E-state index in [9.17, 15) is 9.59 Å². The summed E-state index contributed by atoms with van der Waals surface area (Å²) in [6, 6.07) is 1.70. The number of carbonyl (C=O) groups excluding carboxylic acids is 2. The van der Waals surface area contributed by atoms with E-state index in [1.54, 1.807) is 29.2 Å².